The minimum absolute atomic E-state index is 0.236. The van der Waals surface area contributed by atoms with Crippen molar-refractivity contribution in [3.05, 3.63) is 35.1 Å². The fraction of sp³-hybridized carbons (Fsp3) is 0.300. The molecule has 0 atom stereocenters. The number of halogens is 1. The van der Waals surface area contributed by atoms with Crippen molar-refractivity contribution >= 4 is 6.09 Å². The molecular weight excluding hydrogens is 185 g/mol. The van der Waals surface area contributed by atoms with E-state index in [1.54, 1.807) is 19.1 Å². The first-order valence-corrected chi connectivity index (χ1v) is 4.31. The van der Waals surface area contributed by atoms with Crippen molar-refractivity contribution in [2.45, 2.75) is 13.3 Å². The van der Waals surface area contributed by atoms with Gasteiger partial charge in [0.15, 0.2) is 0 Å². The van der Waals surface area contributed by atoms with E-state index in [4.69, 9.17) is 5.11 Å². The van der Waals surface area contributed by atoms with Gasteiger partial charge in [0.1, 0.15) is 5.82 Å². The summed E-state index contributed by atoms with van der Waals surface area (Å²) in [6.07, 6.45) is -0.461. The number of amides is 1. The van der Waals surface area contributed by atoms with Gasteiger partial charge in [0, 0.05) is 6.54 Å². The Morgan fingerprint density at radius 3 is 2.86 bits per heavy atom. The average Bonchev–Trinajstić information content (AvgIpc) is 2.10. The van der Waals surface area contributed by atoms with E-state index < -0.39 is 6.09 Å². The average molecular weight is 197 g/mol. The summed E-state index contributed by atoms with van der Waals surface area (Å²) in [5.74, 6) is -0.236. The molecule has 0 unspecified atom stereocenters. The summed E-state index contributed by atoms with van der Waals surface area (Å²) in [5, 5.41) is 10.6. The van der Waals surface area contributed by atoms with Crippen molar-refractivity contribution in [2.24, 2.45) is 0 Å². The summed E-state index contributed by atoms with van der Waals surface area (Å²) in [5.41, 5.74) is 1.51. The van der Waals surface area contributed by atoms with Gasteiger partial charge in [0.25, 0.3) is 0 Å². The van der Waals surface area contributed by atoms with Crippen molar-refractivity contribution in [3.63, 3.8) is 0 Å². The molecule has 76 valence electrons. The molecule has 0 heterocycles. The molecule has 1 aromatic rings. The lowest BCUT2D eigenvalue weighted by atomic mass is 10.1. The van der Waals surface area contributed by atoms with E-state index in [1.165, 1.54) is 6.07 Å². The maximum atomic E-state index is 12.8. The first kappa shape index (κ1) is 10.5. The van der Waals surface area contributed by atoms with Gasteiger partial charge in [-0.25, -0.2) is 9.18 Å². The van der Waals surface area contributed by atoms with E-state index in [-0.39, 0.29) is 5.82 Å². The van der Waals surface area contributed by atoms with Crippen LogP contribution in [0.15, 0.2) is 18.2 Å². The summed E-state index contributed by atoms with van der Waals surface area (Å²) >= 11 is 0. The van der Waals surface area contributed by atoms with Gasteiger partial charge in [-0.3, -0.25) is 0 Å². The fourth-order valence-electron chi connectivity index (χ4n) is 1.18. The second kappa shape index (κ2) is 4.60. The third-order valence-electron chi connectivity index (χ3n) is 1.91. The number of rotatable bonds is 3. The zero-order valence-electron chi connectivity index (χ0n) is 7.88. The number of carbonyl (C=O) groups is 1. The number of nitrogens with one attached hydrogen (secondary N) is 1. The number of aryl methyl sites for hydroxylation is 1. The van der Waals surface area contributed by atoms with Crippen LogP contribution < -0.4 is 5.32 Å². The Balaban J connectivity index is 2.51. The second-order valence-electron chi connectivity index (χ2n) is 3.07. The highest BCUT2D eigenvalue weighted by atomic mass is 19.1. The van der Waals surface area contributed by atoms with Gasteiger partial charge in [-0.05, 0) is 30.5 Å². The van der Waals surface area contributed by atoms with E-state index in [1.807, 2.05) is 0 Å². The summed E-state index contributed by atoms with van der Waals surface area (Å²) in [7, 11) is 0. The van der Waals surface area contributed by atoms with Gasteiger partial charge in [0.2, 0.25) is 0 Å². The molecule has 0 saturated heterocycles. The third kappa shape index (κ3) is 3.05. The number of hydrogen-bond acceptors (Lipinski definition) is 1. The van der Waals surface area contributed by atoms with Gasteiger partial charge in [0.05, 0.1) is 0 Å². The summed E-state index contributed by atoms with van der Waals surface area (Å²) in [6, 6.07) is 4.77. The van der Waals surface area contributed by atoms with Gasteiger partial charge in [-0.15, -0.1) is 0 Å². The molecule has 4 heteroatoms. The molecule has 3 nitrogen and oxygen atoms in total. The summed E-state index contributed by atoms with van der Waals surface area (Å²) in [4.78, 5) is 10.1. The molecular formula is C10H12FNO2. The normalized spacial score (nSPS) is 9.86. The Bertz CT molecular complexity index is 339. The van der Waals surface area contributed by atoms with Crippen LogP contribution in [0.1, 0.15) is 11.1 Å². The lowest BCUT2D eigenvalue weighted by molar-refractivity contribution is 0.194. The van der Waals surface area contributed by atoms with E-state index in [0.29, 0.717) is 18.5 Å². The number of carboxylic acid groups (broad SMARTS) is 1. The predicted molar refractivity (Wildman–Crippen MR) is 50.9 cm³/mol. The van der Waals surface area contributed by atoms with Crippen molar-refractivity contribution in [1.29, 1.82) is 0 Å². The van der Waals surface area contributed by atoms with Crippen LogP contribution in [0.4, 0.5) is 9.18 Å². The van der Waals surface area contributed by atoms with Crippen LogP contribution in [0.2, 0.25) is 0 Å². The van der Waals surface area contributed by atoms with Crippen LogP contribution in [0.3, 0.4) is 0 Å². The van der Waals surface area contributed by atoms with Crippen molar-refractivity contribution in [3.8, 4) is 0 Å². The molecule has 2 N–H and O–H groups in total. The molecule has 0 aliphatic rings. The van der Waals surface area contributed by atoms with Gasteiger partial charge < -0.3 is 10.4 Å². The fourth-order valence-corrected chi connectivity index (χ4v) is 1.18. The summed E-state index contributed by atoms with van der Waals surface area (Å²) in [6.45, 7) is 2.03. The van der Waals surface area contributed by atoms with Crippen molar-refractivity contribution in [2.75, 3.05) is 6.54 Å². The standard InChI is InChI=1S/C10H12FNO2/c1-7-6-8(2-3-9(7)11)4-5-12-10(13)14/h2-3,6,12H,4-5H2,1H3,(H,13,14). The Morgan fingerprint density at radius 1 is 1.57 bits per heavy atom. The zero-order chi connectivity index (χ0) is 10.6. The monoisotopic (exact) mass is 197 g/mol. The Kier molecular flexibility index (Phi) is 3.45. The smallest absolute Gasteiger partial charge is 0.404 e. The van der Waals surface area contributed by atoms with Crippen LogP contribution in [-0.2, 0) is 6.42 Å². The van der Waals surface area contributed by atoms with E-state index in [9.17, 15) is 9.18 Å². The van der Waals surface area contributed by atoms with E-state index >= 15 is 0 Å². The van der Waals surface area contributed by atoms with Crippen molar-refractivity contribution < 1.29 is 14.3 Å². The van der Waals surface area contributed by atoms with Crippen LogP contribution >= 0.6 is 0 Å². The number of benzene rings is 1. The quantitative estimate of drug-likeness (QED) is 0.778. The van der Waals surface area contributed by atoms with Crippen LogP contribution in [-0.4, -0.2) is 17.7 Å². The van der Waals surface area contributed by atoms with Crippen LogP contribution in [0, 0.1) is 12.7 Å². The predicted octanol–water partition coefficient (Wildman–Crippen LogP) is 1.94. The lowest BCUT2D eigenvalue weighted by Crippen LogP contribution is -2.23. The summed E-state index contributed by atoms with van der Waals surface area (Å²) < 4.78 is 12.8. The molecule has 0 spiro atoms. The molecule has 0 fully saturated rings. The molecule has 1 rings (SSSR count). The molecule has 14 heavy (non-hydrogen) atoms. The molecule has 0 aliphatic carbocycles. The minimum atomic E-state index is -1.04. The highest BCUT2D eigenvalue weighted by Gasteiger charge is 1.99. The van der Waals surface area contributed by atoms with E-state index in [0.717, 1.165) is 5.56 Å². The topological polar surface area (TPSA) is 49.3 Å². The lowest BCUT2D eigenvalue weighted by Gasteiger charge is -2.03. The maximum absolute atomic E-state index is 12.8. The van der Waals surface area contributed by atoms with Crippen LogP contribution in [0.25, 0.3) is 0 Å². The minimum Gasteiger partial charge on any atom is -0.465 e. The zero-order valence-corrected chi connectivity index (χ0v) is 7.88. The molecule has 1 amide bonds. The largest absolute Gasteiger partial charge is 0.465 e. The molecule has 0 saturated carbocycles. The number of hydrogen-bond donors (Lipinski definition) is 2. The SMILES string of the molecule is Cc1cc(CCNC(=O)O)ccc1F. The van der Waals surface area contributed by atoms with Crippen molar-refractivity contribution in [1.82, 2.24) is 5.32 Å². The van der Waals surface area contributed by atoms with Crippen LogP contribution in [0.5, 0.6) is 0 Å². The highest BCUT2D eigenvalue weighted by molar-refractivity contribution is 5.64. The molecule has 1 aromatic carbocycles. The van der Waals surface area contributed by atoms with Gasteiger partial charge in [-0.1, -0.05) is 12.1 Å². The Hall–Kier alpha value is -1.58. The second-order valence-corrected chi connectivity index (χ2v) is 3.07. The van der Waals surface area contributed by atoms with Gasteiger partial charge >= 0.3 is 6.09 Å². The van der Waals surface area contributed by atoms with E-state index in [2.05, 4.69) is 5.32 Å². The molecule has 0 aliphatic heterocycles. The molecule has 0 bridgehead atoms. The molecule has 0 aromatic heterocycles. The first-order chi connectivity index (χ1) is 6.59. The highest BCUT2D eigenvalue weighted by Crippen LogP contribution is 2.09. The first-order valence-electron chi connectivity index (χ1n) is 4.31. The molecule has 0 radical (unpaired) electrons. The third-order valence-corrected chi connectivity index (χ3v) is 1.91. The Labute approximate surface area is 81.6 Å². The maximum Gasteiger partial charge on any atom is 0.404 e. The van der Waals surface area contributed by atoms with Gasteiger partial charge in [-0.2, -0.15) is 0 Å². The Morgan fingerprint density at radius 2 is 2.29 bits per heavy atom.